The zero-order valence-corrected chi connectivity index (χ0v) is 8.04. The van der Waals surface area contributed by atoms with Gasteiger partial charge in [-0.2, -0.15) is 0 Å². The molecule has 1 heterocycles. The van der Waals surface area contributed by atoms with Gasteiger partial charge in [0.25, 0.3) is 0 Å². The summed E-state index contributed by atoms with van der Waals surface area (Å²) in [7, 11) is 0. The van der Waals surface area contributed by atoms with Crippen molar-refractivity contribution < 1.29 is 4.42 Å². The lowest BCUT2D eigenvalue weighted by molar-refractivity contribution is 0.616. The van der Waals surface area contributed by atoms with E-state index in [1.165, 1.54) is 6.26 Å². The monoisotopic (exact) mass is 220 g/mol. The first kappa shape index (κ1) is 8.24. The molecule has 0 spiro atoms. The SMILES string of the molecule is Clc1cc(Cl)c2occc2c1Cl. The number of rotatable bonds is 0. The van der Waals surface area contributed by atoms with E-state index in [4.69, 9.17) is 39.2 Å². The maximum atomic E-state index is 5.89. The van der Waals surface area contributed by atoms with E-state index in [-0.39, 0.29) is 0 Å². The maximum absolute atomic E-state index is 5.89. The standard InChI is InChI=1S/C8H3Cl3O/c9-5-3-6(10)8-4(7(5)11)1-2-12-8/h1-3H. The van der Waals surface area contributed by atoms with Crippen molar-refractivity contribution >= 4 is 45.8 Å². The first-order chi connectivity index (χ1) is 5.70. The minimum absolute atomic E-state index is 0.440. The summed E-state index contributed by atoms with van der Waals surface area (Å²) >= 11 is 17.5. The van der Waals surface area contributed by atoms with Gasteiger partial charge in [-0.1, -0.05) is 34.8 Å². The van der Waals surface area contributed by atoms with Crippen LogP contribution < -0.4 is 0 Å². The lowest BCUT2D eigenvalue weighted by Crippen LogP contribution is -1.72. The molecule has 1 aromatic carbocycles. The van der Waals surface area contributed by atoms with Gasteiger partial charge < -0.3 is 4.42 Å². The molecule has 2 rings (SSSR count). The summed E-state index contributed by atoms with van der Waals surface area (Å²) in [6.45, 7) is 0. The highest BCUT2D eigenvalue weighted by atomic mass is 35.5. The highest BCUT2D eigenvalue weighted by Crippen LogP contribution is 2.36. The lowest BCUT2D eigenvalue weighted by Gasteiger charge is -1.97. The molecule has 0 aliphatic rings. The zero-order valence-electron chi connectivity index (χ0n) is 5.77. The largest absolute Gasteiger partial charge is 0.463 e. The maximum Gasteiger partial charge on any atom is 0.154 e. The van der Waals surface area contributed by atoms with Gasteiger partial charge >= 0.3 is 0 Å². The number of fused-ring (bicyclic) bond motifs is 1. The molecule has 1 aromatic heterocycles. The Labute approximate surface area is 83.8 Å². The van der Waals surface area contributed by atoms with Crippen molar-refractivity contribution in [1.29, 1.82) is 0 Å². The predicted octanol–water partition coefficient (Wildman–Crippen LogP) is 4.39. The zero-order chi connectivity index (χ0) is 8.72. The molecular formula is C8H3Cl3O. The molecule has 4 heteroatoms. The van der Waals surface area contributed by atoms with Crippen LogP contribution in [0.15, 0.2) is 22.8 Å². The summed E-state index contributed by atoms with van der Waals surface area (Å²) in [6.07, 6.45) is 1.53. The van der Waals surface area contributed by atoms with Crippen molar-refractivity contribution in [3.05, 3.63) is 33.5 Å². The first-order valence-electron chi connectivity index (χ1n) is 3.21. The smallest absolute Gasteiger partial charge is 0.154 e. The molecule has 0 N–H and O–H groups in total. The second-order valence-electron chi connectivity index (χ2n) is 2.32. The molecule has 0 radical (unpaired) electrons. The molecule has 0 amide bonds. The van der Waals surface area contributed by atoms with E-state index >= 15 is 0 Å². The molecule has 0 atom stereocenters. The van der Waals surface area contributed by atoms with Crippen molar-refractivity contribution in [3.8, 4) is 0 Å². The molecule has 0 aliphatic heterocycles. The molecule has 0 bridgehead atoms. The topological polar surface area (TPSA) is 13.1 Å². The third-order valence-electron chi connectivity index (χ3n) is 1.58. The molecule has 0 saturated carbocycles. The Hall–Kier alpha value is -0.370. The average molecular weight is 221 g/mol. The number of benzene rings is 1. The molecule has 0 saturated heterocycles. The summed E-state index contributed by atoms with van der Waals surface area (Å²) in [5.41, 5.74) is 0.575. The van der Waals surface area contributed by atoms with Crippen LogP contribution in [0.4, 0.5) is 0 Å². The minimum Gasteiger partial charge on any atom is -0.463 e. The summed E-state index contributed by atoms with van der Waals surface area (Å²) in [6, 6.07) is 3.30. The van der Waals surface area contributed by atoms with E-state index in [0.717, 1.165) is 5.39 Å². The number of hydrogen-bond donors (Lipinski definition) is 0. The summed E-state index contributed by atoms with van der Waals surface area (Å²) in [4.78, 5) is 0. The molecule has 1 nitrogen and oxygen atoms in total. The van der Waals surface area contributed by atoms with Crippen molar-refractivity contribution in [3.63, 3.8) is 0 Å². The molecule has 62 valence electrons. The normalized spacial score (nSPS) is 10.9. The highest BCUT2D eigenvalue weighted by Gasteiger charge is 2.09. The Morgan fingerprint density at radius 3 is 2.58 bits per heavy atom. The van der Waals surface area contributed by atoms with Crippen LogP contribution in [-0.4, -0.2) is 0 Å². The third-order valence-corrected chi connectivity index (χ3v) is 2.66. The van der Waals surface area contributed by atoms with Crippen LogP contribution in [0.2, 0.25) is 15.1 Å². The number of halogens is 3. The molecule has 0 unspecified atom stereocenters. The molecule has 0 fully saturated rings. The van der Waals surface area contributed by atoms with E-state index < -0.39 is 0 Å². The Bertz CT molecular complexity index is 433. The molecular weight excluding hydrogens is 218 g/mol. The van der Waals surface area contributed by atoms with Gasteiger partial charge in [0.1, 0.15) is 0 Å². The van der Waals surface area contributed by atoms with Gasteiger partial charge in [0.05, 0.1) is 21.3 Å². The van der Waals surface area contributed by atoms with E-state index in [9.17, 15) is 0 Å². The predicted molar refractivity (Wildman–Crippen MR) is 51.2 cm³/mol. The fourth-order valence-electron chi connectivity index (χ4n) is 1.04. The van der Waals surface area contributed by atoms with Crippen LogP contribution in [0.5, 0.6) is 0 Å². The fourth-order valence-corrected chi connectivity index (χ4v) is 1.76. The Kier molecular flexibility index (Phi) is 1.95. The van der Waals surface area contributed by atoms with Gasteiger partial charge in [0.15, 0.2) is 5.58 Å². The highest BCUT2D eigenvalue weighted by molar-refractivity contribution is 6.47. The number of furan rings is 1. The quantitative estimate of drug-likeness (QED) is 0.601. The Morgan fingerprint density at radius 2 is 1.83 bits per heavy atom. The van der Waals surface area contributed by atoms with Gasteiger partial charge in [-0.15, -0.1) is 0 Å². The van der Waals surface area contributed by atoms with Crippen molar-refractivity contribution in [2.24, 2.45) is 0 Å². The second kappa shape index (κ2) is 2.84. The Morgan fingerprint density at radius 1 is 1.08 bits per heavy atom. The molecule has 12 heavy (non-hydrogen) atoms. The van der Waals surface area contributed by atoms with E-state index in [0.29, 0.717) is 20.7 Å². The van der Waals surface area contributed by atoms with Crippen LogP contribution in [0.25, 0.3) is 11.0 Å². The van der Waals surface area contributed by atoms with Crippen molar-refractivity contribution in [2.75, 3.05) is 0 Å². The van der Waals surface area contributed by atoms with E-state index in [2.05, 4.69) is 0 Å². The van der Waals surface area contributed by atoms with Crippen LogP contribution in [0, 0.1) is 0 Å². The van der Waals surface area contributed by atoms with Crippen molar-refractivity contribution in [2.45, 2.75) is 0 Å². The minimum atomic E-state index is 0.440. The molecule has 2 aromatic rings. The fraction of sp³-hybridized carbons (Fsp3) is 0. The van der Waals surface area contributed by atoms with E-state index in [1.807, 2.05) is 0 Å². The third kappa shape index (κ3) is 1.09. The van der Waals surface area contributed by atoms with Crippen LogP contribution in [-0.2, 0) is 0 Å². The van der Waals surface area contributed by atoms with Gasteiger partial charge in [-0.25, -0.2) is 0 Å². The summed E-state index contributed by atoms with van der Waals surface area (Å²) in [5.74, 6) is 0. The molecule has 0 aliphatic carbocycles. The van der Waals surface area contributed by atoms with Gasteiger partial charge in [0.2, 0.25) is 0 Å². The second-order valence-corrected chi connectivity index (χ2v) is 3.51. The summed E-state index contributed by atoms with van der Waals surface area (Å²) < 4.78 is 5.11. The van der Waals surface area contributed by atoms with Gasteiger partial charge in [-0.05, 0) is 12.1 Å². The van der Waals surface area contributed by atoms with E-state index in [1.54, 1.807) is 12.1 Å². The van der Waals surface area contributed by atoms with Crippen LogP contribution >= 0.6 is 34.8 Å². The van der Waals surface area contributed by atoms with Crippen LogP contribution in [0.1, 0.15) is 0 Å². The Balaban J connectivity index is 2.97. The first-order valence-corrected chi connectivity index (χ1v) is 4.34. The summed E-state index contributed by atoms with van der Waals surface area (Å²) in [5, 5.41) is 2.14. The van der Waals surface area contributed by atoms with Gasteiger partial charge in [-0.3, -0.25) is 0 Å². The van der Waals surface area contributed by atoms with Crippen LogP contribution in [0.3, 0.4) is 0 Å². The van der Waals surface area contributed by atoms with Gasteiger partial charge in [0, 0.05) is 5.39 Å². The van der Waals surface area contributed by atoms with Crippen molar-refractivity contribution in [1.82, 2.24) is 0 Å². The average Bonchev–Trinajstić information content (AvgIpc) is 2.48. The lowest BCUT2D eigenvalue weighted by atomic mass is 10.2. The number of hydrogen-bond acceptors (Lipinski definition) is 1.